The zero-order valence-electron chi connectivity index (χ0n) is 11.3. The highest BCUT2D eigenvalue weighted by molar-refractivity contribution is 5.45. The van der Waals surface area contributed by atoms with E-state index in [9.17, 15) is 5.11 Å². The van der Waals surface area contributed by atoms with Gasteiger partial charge < -0.3 is 14.9 Å². The smallest absolute Gasteiger partial charge is 0.128 e. The van der Waals surface area contributed by atoms with Crippen LogP contribution in [0.15, 0.2) is 18.3 Å². The van der Waals surface area contributed by atoms with E-state index < -0.39 is 5.60 Å². The summed E-state index contributed by atoms with van der Waals surface area (Å²) in [5, 5.41) is 9.89. The number of hydrogen-bond acceptors (Lipinski definition) is 4. The third kappa shape index (κ3) is 1.89. The fourth-order valence-corrected chi connectivity index (χ4v) is 3.16. The van der Waals surface area contributed by atoms with Crippen LogP contribution in [-0.4, -0.2) is 48.2 Å². The maximum Gasteiger partial charge on any atom is 0.128 e. The van der Waals surface area contributed by atoms with Crippen molar-refractivity contribution in [2.45, 2.75) is 19.4 Å². The second-order valence-corrected chi connectivity index (χ2v) is 6.49. The van der Waals surface area contributed by atoms with Gasteiger partial charge in [0.25, 0.3) is 0 Å². The van der Waals surface area contributed by atoms with Crippen LogP contribution in [0.25, 0.3) is 0 Å². The third-order valence-corrected chi connectivity index (χ3v) is 4.04. The van der Waals surface area contributed by atoms with Crippen molar-refractivity contribution in [1.82, 2.24) is 9.88 Å². The average Bonchev–Trinajstić information content (AvgIpc) is 2.20. The molecule has 0 aliphatic carbocycles. The first-order valence-corrected chi connectivity index (χ1v) is 6.50. The Morgan fingerprint density at radius 2 is 1.89 bits per heavy atom. The molecule has 3 heterocycles. The van der Waals surface area contributed by atoms with Gasteiger partial charge in [0.05, 0.1) is 5.60 Å². The van der Waals surface area contributed by atoms with Gasteiger partial charge in [-0.25, -0.2) is 4.98 Å². The van der Waals surface area contributed by atoms with Crippen LogP contribution in [0.2, 0.25) is 0 Å². The lowest BCUT2D eigenvalue weighted by molar-refractivity contribution is -0.00282. The van der Waals surface area contributed by atoms with Crippen LogP contribution in [0.5, 0.6) is 0 Å². The van der Waals surface area contributed by atoms with Crippen molar-refractivity contribution in [3.05, 3.63) is 23.9 Å². The summed E-state index contributed by atoms with van der Waals surface area (Å²) in [6, 6.07) is 3.99. The van der Waals surface area contributed by atoms with E-state index in [0.717, 1.165) is 24.5 Å². The minimum atomic E-state index is -0.807. The Hall–Kier alpha value is -1.13. The summed E-state index contributed by atoms with van der Waals surface area (Å²) in [5.41, 5.74) is 0.592. The van der Waals surface area contributed by atoms with E-state index in [0.29, 0.717) is 5.41 Å². The van der Waals surface area contributed by atoms with E-state index in [4.69, 9.17) is 0 Å². The molecule has 3 rings (SSSR count). The molecule has 0 amide bonds. The van der Waals surface area contributed by atoms with E-state index in [1.807, 2.05) is 12.1 Å². The van der Waals surface area contributed by atoms with Crippen LogP contribution in [0.4, 0.5) is 5.82 Å². The van der Waals surface area contributed by atoms with Crippen LogP contribution < -0.4 is 4.90 Å². The minimum absolute atomic E-state index is 0.533. The summed E-state index contributed by atoms with van der Waals surface area (Å²) >= 11 is 0. The van der Waals surface area contributed by atoms with Crippen molar-refractivity contribution in [2.75, 3.05) is 38.1 Å². The van der Waals surface area contributed by atoms with Crippen molar-refractivity contribution in [3.63, 3.8) is 0 Å². The van der Waals surface area contributed by atoms with Crippen LogP contribution in [0.3, 0.4) is 0 Å². The summed E-state index contributed by atoms with van der Waals surface area (Å²) in [6.07, 6.45) is 1.78. The van der Waals surface area contributed by atoms with E-state index in [2.05, 4.69) is 21.8 Å². The molecule has 0 radical (unpaired) electrons. The Kier molecular flexibility index (Phi) is 2.44. The number of aromatic nitrogens is 1. The number of likely N-dealkylation sites (tertiary alicyclic amines) is 1. The Morgan fingerprint density at radius 3 is 2.33 bits per heavy atom. The molecule has 2 saturated heterocycles. The maximum absolute atomic E-state index is 9.89. The average molecular weight is 247 g/mol. The summed E-state index contributed by atoms with van der Waals surface area (Å²) in [5.74, 6) is 1.03. The normalized spacial score (nSPS) is 22.8. The molecule has 98 valence electrons. The molecule has 4 nitrogen and oxygen atoms in total. The first-order chi connectivity index (χ1) is 8.38. The minimum Gasteiger partial charge on any atom is -0.386 e. The highest BCUT2D eigenvalue weighted by Crippen LogP contribution is 2.40. The fourth-order valence-electron chi connectivity index (χ4n) is 3.16. The van der Waals surface area contributed by atoms with Crippen molar-refractivity contribution >= 4 is 5.82 Å². The Morgan fingerprint density at radius 1 is 1.22 bits per heavy atom. The van der Waals surface area contributed by atoms with Crippen molar-refractivity contribution in [1.29, 1.82) is 0 Å². The molecule has 2 aliphatic rings. The quantitative estimate of drug-likeness (QED) is 0.848. The molecule has 1 N–H and O–H groups in total. The molecule has 1 aromatic heterocycles. The van der Waals surface area contributed by atoms with E-state index in [-0.39, 0.29) is 0 Å². The maximum atomic E-state index is 9.89. The second kappa shape index (κ2) is 3.68. The standard InChI is InChI=1S/C14H21N3O/c1-13(2,18)11-4-5-12(15-6-11)17-9-14(10-17)7-16(3)8-14/h4-6,18H,7-10H2,1-3H3. The number of aliphatic hydroxyl groups is 1. The van der Waals surface area contributed by atoms with Gasteiger partial charge in [0.15, 0.2) is 0 Å². The zero-order valence-corrected chi connectivity index (χ0v) is 11.3. The molecule has 2 fully saturated rings. The molecule has 4 heteroatoms. The van der Waals surface area contributed by atoms with Crippen LogP contribution in [-0.2, 0) is 5.60 Å². The lowest BCUT2D eigenvalue weighted by Gasteiger charge is -2.59. The molecule has 18 heavy (non-hydrogen) atoms. The summed E-state index contributed by atoms with van der Waals surface area (Å²) in [7, 11) is 2.17. The molecule has 0 aromatic carbocycles. The highest BCUT2D eigenvalue weighted by atomic mass is 16.3. The van der Waals surface area contributed by atoms with Gasteiger partial charge >= 0.3 is 0 Å². The molecular formula is C14H21N3O. The van der Waals surface area contributed by atoms with Gasteiger partial charge in [0, 0.05) is 43.4 Å². The highest BCUT2D eigenvalue weighted by Gasteiger charge is 2.50. The van der Waals surface area contributed by atoms with E-state index in [1.165, 1.54) is 13.1 Å². The SMILES string of the molecule is CN1CC2(C1)CN(c1ccc(C(C)(C)O)cn1)C2. The van der Waals surface area contributed by atoms with Crippen molar-refractivity contribution < 1.29 is 5.11 Å². The predicted molar refractivity (Wildman–Crippen MR) is 71.6 cm³/mol. The molecule has 0 bridgehead atoms. The van der Waals surface area contributed by atoms with E-state index >= 15 is 0 Å². The Bertz CT molecular complexity index is 435. The van der Waals surface area contributed by atoms with Crippen LogP contribution >= 0.6 is 0 Å². The van der Waals surface area contributed by atoms with Crippen molar-refractivity contribution in [3.8, 4) is 0 Å². The van der Waals surface area contributed by atoms with Gasteiger partial charge in [0.2, 0.25) is 0 Å². The van der Waals surface area contributed by atoms with Crippen LogP contribution in [0, 0.1) is 5.41 Å². The molecular weight excluding hydrogens is 226 g/mol. The molecule has 1 aromatic rings. The lowest BCUT2D eigenvalue weighted by atomic mass is 9.73. The number of rotatable bonds is 2. The first-order valence-electron chi connectivity index (χ1n) is 6.50. The lowest BCUT2D eigenvalue weighted by Crippen LogP contribution is -2.71. The number of anilines is 1. The molecule has 0 unspecified atom stereocenters. The van der Waals surface area contributed by atoms with Crippen LogP contribution in [0.1, 0.15) is 19.4 Å². The Labute approximate surface area is 108 Å². The van der Waals surface area contributed by atoms with Gasteiger partial charge in [-0.05, 0) is 27.0 Å². The topological polar surface area (TPSA) is 39.6 Å². The van der Waals surface area contributed by atoms with E-state index in [1.54, 1.807) is 20.0 Å². The van der Waals surface area contributed by atoms with Gasteiger partial charge in [-0.15, -0.1) is 0 Å². The molecule has 0 saturated carbocycles. The zero-order chi connectivity index (χ0) is 13.0. The Balaban J connectivity index is 1.65. The first kappa shape index (κ1) is 11.9. The molecule has 2 aliphatic heterocycles. The summed E-state index contributed by atoms with van der Waals surface area (Å²) in [6.45, 7) is 8.23. The predicted octanol–water partition coefficient (Wildman–Crippen LogP) is 1.06. The monoisotopic (exact) mass is 247 g/mol. The van der Waals surface area contributed by atoms with Gasteiger partial charge in [-0.3, -0.25) is 0 Å². The number of nitrogens with zero attached hydrogens (tertiary/aromatic N) is 3. The second-order valence-electron chi connectivity index (χ2n) is 6.49. The molecule has 1 spiro atoms. The molecule has 0 atom stereocenters. The van der Waals surface area contributed by atoms with Gasteiger partial charge in [0.1, 0.15) is 5.82 Å². The number of hydrogen-bond donors (Lipinski definition) is 1. The summed E-state index contributed by atoms with van der Waals surface area (Å²) < 4.78 is 0. The third-order valence-electron chi connectivity index (χ3n) is 4.04. The number of pyridine rings is 1. The van der Waals surface area contributed by atoms with Gasteiger partial charge in [-0.2, -0.15) is 0 Å². The summed E-state index contributed by atoms with van der Waals surface area (Å²) in [4.78, 5) is 9.15. The fraction of sp³-hybridized carbons (Fsp3) is 0.643. The largest absolute Gasteiger partial charge is 0.386 e. The van der Waals surface area contributed by atoms with Crippen molar-refractivity contribution in [2.24, 2.45) is 5.41 Å². The van der Waals surface area contributed by atoms with Gasteiger partial charge in [-0.1, -0.05) is 6.07 Å².